The SMILES string of the molecule is O=C(CNS(=O)(=O)c1cccc(F)c1)OCc1ccc(Cl)c(Cl)c1. The van der Waals surface area contributed by atoms with Crippen LogP contribution in [0.5, 0.6) is 0 Å². The molecule has 0 bridgehead atoms. The molecular formula is C15H12Cl2FNO4S. The van der Waals surface area contributed by atoms with Crippen LogP contribution < -0.4 is 4.72 Å². The highest BCUT2D eigenvalue weighted by atomic mass is 35.5. The first kappa shape index (κ1) is 18.7. The van der Waals surface area contributed by atoms with E-state index in [1.807, 2.05) is 4.72 Å². The lowest BCUT2D eigenvalue weighted by molar-refractivity contribution is -0.143. The number of carbonyl (C=O) groups is 1. The Balaban J connectivity index is 1.89. The van der Waals surface area contributed by atoms with Gasteiger partial charge in [0.15, 0.2) is 0 Å². The van der Waals surface area contributed by atoms with Crippen molar-refractivity contribution in [3.05, 3.63) is 63.9 Å². The molecule has 0 aromatic heterocycles. The number of sulfonamides is 1. The lowest BCUT2D eigenvalue weighted by Crippen LogP contribution is -2.30. The molecule has 0 radical (unpaired) electrons. The van der Waals surface area contributed by atoms with E-state index in [2.05, 4.69) is 0 Å². The highest BCUT2D eigenvalue weighted by molar-refractivity contribution is 7.89. The van der Waals surface area contributed by atoms with Crippen molar-refractivity contribution in [2.45, 2.75) is 11.5 Å². The summed E-state index contributed by atoms with van der Waals surface area (Å²) in [7, 11) is -4.00. The van der Waals surface area contributed by atoms with Gasteiger partial charge in [-0.2, -0.15) is 4.72 Å². The van der Waals surface area contributed by atoms with E-state index in [0.29, 0.717) is 15.6 Å². The fourth-order valence-corrected chi connectivity index (χ4v) is 3.04. The van der Waals surface area contributed by atoms with Gasteiger partial charge in [0, 0.05) is 0 Å². The van der Waals surface area contributed by atoms with Crippen LogP contribution in [0.4, 0.5) is 4.39 Å². The molecule has 0 amide bonds. The summed E-state index contributed by atoms with van der Waals surface area (Å²) in [6, 6.07) is 9.15. The molecule has 1 N–H and O–H groups in total. The van der Waals surface area contributed by atoms with E-state index in [0.717, 1.165) is 12.1 Å². The zero-order valence-electron chi connectivity index (χ0n) is 12.1. The van der Waals surface area contributed by atoms with Crippen LogP contribution in [-0.2, 0) is 26.2 Å². The number of benzene rings is 2. The topological polar surface area (TPSA) is 72.5 Å². The molecule has 0 aliphatic rings. The maximum atomic E-state index is 13.1. The van der Waals surface area contributed by atoms with Crippen molar-refractivity contribution < 1.29 is 22.3 Å². The highest BCUT2D eigenvalue weighted by Gasteiger charge is 2.16. The third kappa shape index (κ3) is 5.17. The quantitative estimate of drug-likeness (QED) is 0.767. The summed E-state index contributed by atoms with van der Waals surface area (Å²) in [5.41, 5.74) is 0.603. The molecule has 2 rings (SSSR count). The molecule has 0 fully saturated rings. The normalized spacial score (nSPS) is 11.3. The molecule has 0 saturated carbocycles. The Morgan fingerprint density at radius 3 is 2.54 bits per heavy atom. The molecule has 9 heteroatoms. The molecule has 5 nitrogen and oxygen atoms in total. The second-order valence-electron chi connectivity index (χ2n) is 4.69. The van der Waals surface area contributed by atoms with E-state index in [-0.39, 0.29) is 11.5 Å². The van der Waals surface area contributed by atoms with Crippen LogP contribution in [-0.4, -0.2) is 20.9 Å². The van der Waals surface area contributed by atoms with E-state index >= 15 is 0 Å². The Kier molecular flexibility index (Phi) is 6.17. The molecule has 128 valence electrons. The van der Waals surface area contributed by atoms with Crippen molar-refractivity contribution in [3.8, 4) is 0 Å². The summed E-state index contributed by atoms with van der Waals surface area (Å²) in [5, 5.41) is 0.687. The number of nitrogens with one attached hydrogen (secondary N) is 1. The number of hydrogen-bond donors (Lipinski definition) is 1. The van der Waals surface area contributed by atoms with E-state index in [4.69, 9.17) is 27.9 Å². The van der Waals surface area contributed by atoms with Crippen molar-refractivity contribution in [2.24, 2.45) is 0 Å². The van der Waals surface area contributed by atoms with E-state index in [1.165, 1.54) is 18.2 Å². The van der Waals surface area contributed by atoms with Gasteiger partial charge in [0.2, 0.25) is 10.0 Å². The number of hydrogen-bond acceptors (Lipinski definition) is 4. The van der Waals surface area contributed by atoms with Gasteiger partial charge < -0.3 is 4.74 Å². The monoisotopic (exact) mass is 391 g/mol. The third-order valence-electron chi connectivity index (χ3n) is 2.90. The molecule has 2 aromatic rings. The standard InChI is InChI=1S/C15H12Cl2FNO4S/c16-13-5-4-10(6-14(13)17)9-23-15(20)8-19-24(21,22)12-3-1-2-11(18)7-12/h1-7,19H,8-9H2. The maximum absolute atomic E-state index is 13.1. The first-order chi connectivity index (χ1) is 11.3. The average molecular weight is 392 g/mol. The molecule has 0 unspecified atom stereocenters. The van der Waals surface area contributed by atoms with Crippen LogP contribution in [0.3, 0.4) is 0 Å². The van der Waals surface area contributed by atoms with Gasteiger partial charge >= 0.3 is 5.97 Å². The molecule has 0 heterocycles. The molecule has 0 aliphatic carbocycles. The summed E-state index contributed by atoms with van der Waals surface area (Å²) in [4.78, 5) is 11.4. The summed E-state index contributed by atoms with van der Waals surface area (Å²) < 4.78 is 43.9. The minimum atomic E-state index is -4.00. The molecule has 24 heavy (non-hydrogen) atoms. The van der Waals surface area contributed by atoms with Crippen molar-refractivity contribution in [3.63, 3.8) is 0 Å². The van der Waals surface area contributed by atoms with Gasteiger partial charge in [0.25, 0.3) is 0 Å². The minimum Gasteiger partial charge on any atom is -0.460 e. The molecule has 2 aromatic carbocycles. The summed E-state index contributed by atoms with van der Waals surface area (Å²) in [6.07, 6.45) is 0. The predicted octanol–water partition coefficient (Wildman–Crippen LogP) is 3.15. The molecular weight excluding hydrogens is 380 g/mol. The number of rotatable bonds is 6. The molecule has 0 aliphatic heterocycles. The Labute approximate surface area is 148 Å². The molecule has 0 saturated heterocycles. The van der Waals surface area contributed by atoms with E-state index in [9.17, 15) is 17.6 Å². The molecule has 0 spiro atoms. The van der Waals surface area contributed by atoms with Crippen LogP contribution in [0.25, 0.3) is 0 Å². The van der Waals surface area contributed by atoms with Crippen LogP contribution in [0.2, 0.25) is 10.0 Å². The Bertz CT molecular complexity index is 858. The fourth-order valence-electron chi connectivity index (χ4n) is 1.72. The van der Waals surface area contributed by atoms with Crippen LogP contribution >= 0.6 is 23.2 Å². The Morgan fingerprint density at radius 2 is 1.88 bits per heavy atom. The van der Waals surface area contributed by atoms with Gasteiger partial charge in [-0.15, -0.1) is 0 Å². The van der Waals surface area contributed by atoms with Gasteiger partial charge in [-0.25, -0.2) is 12.8 Å². The zero-order valence-corrected chi connectivity index (χ0v) is 14.5. The highest BCUT2D eigenvalue weighted by Crippen LogP contribution is 2.22. The number of halogens is 3. The largest absolute Gasteiger partial charge is 0.460 e. The Morgan fingerprint density at radius 1 is 1.12 bits per heavy atom. The van der Waals surface area contributed by atoms with Crippen LogP contribution in [0.15, 0.2) is 47.4 Å². The lowest BCUT2D eigenvalue weighted by atomic mass is 10.2. The van der Waals surface area contributed by atoms with E-state index in [1.54, 1.807) is 12.1 Å². The number of ether oxygens (including phenoxy) is 1. The second-order valence-corrected chi connectivity index (χ2v) is 7.27. The number of carbonyl (C=O) groups excluding carboxylic acids is 1. The van der Waals surface area contributed by atoms with E-state index < -0.39 is 28.4 Å². The van der Waals surface area contributed by atoms with Gasteiger partial charge in [-0.3, -0.25) is 4.79 Å². The van der Waals surface area contributed by atoms with Gasteiger partial charge in [0.1, 0.15) is 19.0 Å². The fraction of sp³-hybridized carbons (Fsp3) is 0.133. The average Bonchev–Trinajstić information content (AvgIpc) is 2.54. The predicted molar refractivity (Wildman–Crippen MR) is 87.8 cm³/mol. The summed E-state index contributed by atoms with van der Waals surface area (Å²) in [5.74, 6) is -1.49. The number of esters is 1. The van der Waals surface area contributed by atoms with Gasteiger partial charge in [-0.1, -0.05) is 35.3 Å². The first-order valence-electron chi connectivity index (χ1n) is 6.63. The van der Waals surface area contributed by atoms with Crippen molar-refractivity contribution in [1.82, 2.24) is 4.72 Å². The smallest absolute Gasteiger partial charge is 0.321 e. The van der Waals surface area contributed by atoms with Gasteiger partial charge in [0.05, 0.1) is 14.9 Å². The van der Waals surface area contributed by atoms with Crippen molar-refractivity contribution in [1.29, 1.82) is 0 Å². The summed E-state index contributed by atoms with van der Waals surface area (Å²) >= 11 is 11.6. The van der Waals surface area contributed by atoms with Crippen molar-refractivity contribution >= 4 is 39.2 Å². The van der Waals surface area contributed by atoms with Crippen LogP contribution in [0.1, 0.15) is 5.56 Å². The molecule has 0 atom stereocenters. The minimum absolute atomic E-state index is 0.0859. The first-order valence-corrected chi connectivity index (χ1v) is 8.86. The van der Waals surface area contributed by atoms with Crippen LogP contribution in [0, 0.1) is 5.82 Å². The maximum Gasteiger partial charge on any atom is 0.321 e. The second kappa shape index (κ2) is 7.94. The summed E-state index contributed by atoms with van der Waals surface area (Å²) in [6.45, 7) is -0.669. The van der Waals surface area contributed by atoms with Gasteiger partial charge in [-0.05, 0) is 35.9 Å². The van der Waals surface area contributed by atoms with Crippen molar-refractivity contribution in [2.75, 3.05) is 6.54 Å². The lowest BCUT2D eigenvalue weighted by Gasteiger charge is -2.08. The third-order valence-corrected chi connectivity index (χ3v) is 5.03. The Hall–Kier alpha value is -1.67. The zero-order chi connectivity index (χ0) is 17.7.